The number of nitrogens with zero attached hydrogens (tertiary/aromatic N) is 1. The fourth-order valence-corrected chi connectivity index (χ4v) is 2.67. The van der Waals surface area contributed by atoms with Crippen LogP contribution in [0.2, 0.25) is 0 Å². The lowest BCUT2D eigenvalue weighted by Gasteiger charge is -2.12. The maximum absolute atomic E-state index is 14.5. The molecule has 3 rings (SSSR count). The highest BCUT2D eigenvalue weighted by molar-refractivity contribution is 5.84. The second-order valence-electron chi connectivity index (χ2n) is 5.31. The van der Waals surface area contributed by atoms with E-state index in [1.807, 2.05) is 37.3 Å². The molecule has 118 valence electrons. The van der Waals surface area contributed by atoms with Crippen LogP contribution in [0.5, 0.6) is 5.75 Å². The van der Waals surface area contributed by atoms with E-state index in [1.54, 1.807) is 30.3 Å². The number of hydrogen-bond acceptors (Lipinski definition) is 2. The lowest BCUT2D eigenvalue weighted by Crippen LogP contribution is -1.92. The van der Waals surface area contributed by atoms with Crippen LogP contribution in [0, 0.1) is 17.1 Å². The Hall–Kier alpha value is -3.12. The highest BCUT2D eigenvalue weighted by Crippen LogP contribution is 2.35. The van der Waals surface area contributed by atoms with E-state index in [9.17, 15) is 4.39 Å². The number of rotatable bonds is 4. The van der Waals surface area contributed by atoms with Gasteiger partial charge in [0.25, 0.3) is 0 Å². The summed E-state index contributed by atoms with van der Waals surface area (Å²) in [6.07, 6.45) is 0. The Morgan fingerprint density at radius 3 is 2.21 bits per heavy atom. The minimum Gasteiger partial charge on any atom is -0.494 e. The smallest absolute Gasteiger partial charge is 0.131 e. The van der Waals surface area contributed by atoms with Crippen molar-refractivity contribution < 1.29 is 9.13 Å². The summed E-state index contributed by atoms with van der Waals surface area (Å²) in [5, 5.41) is 8.92. The molecule has 0 saturated carbocycles. The van der Waals surface area contributed by atoms with Crippen molar-refractivity contribution >= 4 is 0 Å². The van der Waals surface area contributed by atoms with Gasteiger partial charge >= 0.3 is 0 Å². The third-order valence-electron chi connectivity index (χ3n) is 3.79. The van der Waals surface area contributed by atoms with E-state index in [1.165, 1.54) is 6.07 Å². The van der Waals surface area contributed by atoms with Crippen molar-refractivity contribution in [3.63, 3.8) is 0 Å². The lowest BCUT2D eigenvalue weighted by atomic mass is 9.93. The van der Waals surface area contributed by atoms with Gasteiger partial charge in [0, 0.05) is 5.56 Å². The van der Waals surface area contributed by atoms with Gasteiger partial charge in [-0.25, -0.2) is 4.39 Å². The second-order valence-corrected chi connectivity index (χ2v) is 5.31. The summed E-state index contributed by atoms with van der Waals surface area (Å²) in [6.45, 7) is 2.54. The zero-order chi connectivity index (χ0) is 16.9. The van der Waals surface area contributed by atoms with Gasteiger partial charge in [-0.15, -0.1) is 0 Å². The Kier molecular flexibility index (Phi) is 4.58. The SMILES string of the molecule is CCOc1ccc(-c2cccc(F)c2-c2ccc(C#N)cc2)cc1. The third-order valence-corrected chi connectivity index (χ3v) is 3.79. The van der Waals surface area contributed by atoms with Crippen LogP contribution in [0.4, 0.5) is 4.39 Å². The highest BCUT2D eigenvalue weighted by atomic mass is 19.1. The standard InChI is InChI=1S/C21H16FNO/c1-2-24-18-12-10-16(11-13-18)19-4-3-5-20(22)21(19)17-8-6-15(14-23)7-9-17/h3-13H,2H2,1H3. The fourth-order valence-electron chi connectivity index (χ4n) is 2.67. The highest BCUT2D eigenvalue weighted by Gasteiger charge is 2.12. The lowest BCUT2D eigenvalue weighted by molar-refractivity contribution is 0.340. The first kappa shape index (κ1) is 15.8. The normalized spacial score (nSPS) is 10.2. The molecule has 0 saturated heterocycles. The molecule has 0 unspecified atom stereocenters. The van der Waals surface area contributed by atoms with Crippen LogP contribution in [0.3, 0.4) is 0 Å². The molecule has 0 aliphatic heterocycles. The van der Waals surface area contributed by atoms with Gasteiger partial charge in [0.2, 0.25) is 0 Å². The average Bonchev–Trinajstić information content (AvgIpc) is 2.63. The molecule has 0 radical (unpaired) electrons. The summed E-state index contributed by atoms with van der Waals surface area (Å²) >= 11 is 0. The number of halogens is 1. The molecule has 3 aromatic carbocycles. The number of ether oxygens (including phenoxy) is 1. The molecule has 2 nitrogen and oxygen atoms in total. The summed E-state index contributed by atoms with van der Waals surface area (Å²) in [7, 11) is 0. The van der Waals surface area contributed by atoms with Gasteiger partial charge in [-0.3, -0.25) is 0 Å². The molecule has 3 heteroatoms. The molecule has 24 heavy (non-hydrogen) atoms. The minimum atomic E-state index is -0.286. The predicted molar refractivity (Wildman–Crippen MR) is 93.2 cm³/mol. The monoisotopic (exact) mass is 317 g/mol. The largest absolute Gasteiger partial charge is 0.494 e. The third kappa shape index (κ3) is 3.13. The van der Waals surface area contributed by atoms with Crippen LogP contribution in [-0.4, -0.2) is 6.61 Å². The van der Waals surface area contributed by atoms with Crippen molar-refractivity contribution in [1.82, 2.24) is 0 Å². The van der Waals surface area contributed by atoms with E-state index in [0.717, 1.165) is 22.4 Å². The van der Waals surface area contributed by atoms with E-state index >= 15 is 0 Å². The summed E-state index contributed by atoms with van der Waals surface area (Å²) in [6, 6.07) is 21.7. The first-order chi connectivity index (χ1) is 11.7. The van der Waals surface area contributed by atoms with Gasteiger partial charge in [0.15, 0.2) is 0 Å². The fraction of sp³-hybridized carbons (Fsp3) is 0.0952. The Balaban J connectivity index is 2.08. The van der Waals surface area contributed by atoms with Crippen LogP contribution in [-0.2, 0) is 0 Å². The summed E-state index contributed by atoms with van der Waals surface area (Å²) < 4.78 is 20.0. The quantitative estimate of drug-likeness (QED) is 0.643. The van der Waals surface area contributed by atoms with Gasteiger partial charge < -0.3 is 4.74 Å². The summed E-state index contributed by atoms with van der Waals surface area (Å²) in [4.78, 5) is 0. The molecule has 0 aliphatic rings. The summed E-state index contributed by atoms with van der Waals surface area (Å²) in [5.74, 6) is 0.503. The Morgan fingerprint density at radius 1 is 0.917 bits per heavy atom. The molecule has 0 aromatic heterocycles. The van der Waals surface area contributed by atoms with E-state index in [-0.39, 0.29) is 5.82 Å². The van der Waals surface area contributed by atoms with Crippen molar-refractivity contribution in [3.05, 3.63) is 78.1 Å². The van der Waals surface area contributed by atoms with Gasteiger partial charge in [-0.2, -0.15) is 5.26 Å². The Bertz CT molecular complexity index is 877. The van der Waals surface area contributed by atoms with Crippen molar-refractivity contribution in [1.29, 1.82) is 5.26 Å². The Morgan fingerprint density at radius 2 is 1.58 bits per heavy atom. The minimum absolute atomic E-state index is 0.286. The molecule has 0 heterocycles. The first-order valence-corrected chi connectivity index (χ1v) is 7.75. The van der Waals surface area contributed by atoms with Crippen molar-refractivity contribution in [2.75, 3.05) is 6.61 Å². The molecule has 0 spiro atoms. The summed E-state index contributed by atoms with van der Waals surface area (Å²) in [5.41, 5.74) is 3.56. The molecular weight excluding hydrogens is 301 g/mol. The van der Waals surface area contributed by atoms with Crippen molar-refractivity contribution in [2.45, 2.75) is 6.92 Å². The molecule has 0 aliphatic carbocycles. The molecule has 0 atom stereocenters. The van der Waals surface area contributed by atoms with Gasteiger partial charge in [0.1, 0.15) is 11.6 Å². The van der Waals surface area contributed by atoms with Crippen molar-refractivity contribution in [2.24, 2.45) is 0 Å². The van der Waals surface area contributed by atoms with Gasteiger partial charge in [0.05, 0.1) is 18.2 Å². The number of benzene rings is 3. The molecule has 0 bridgehead atoms. The molecular formula is C21H16FNO. The van der Waals surface area contributed by atoms with E-state index in [2.05, 4.69) is 6.07 Å². The maximum atomic E-state index is 14.5. The van der Waals surface area contributed by atoms with Crippen molar-refractivity contribution in [3.8, 4) is 34.1 Å². The maximum Gasteiger partial charge on any atom is 0.131 e. The van der Waals surface area contributed by atoms with Gasteiger partial charge in [-0.05, 0) is 53.9 Å². The molecule has 0 fully saturated rings. The van der Waals surface area contributed by atoms with E-state index < -0.39 is 0 Å². The average molecular weight is 317 g/mol. The topological polar surface area (TPSA) is 33.0 Å². The van der Waals surface area contributed by atoms with E-state index in [0.29, 0.717) is 17.7 Å². The molecule has 0 N–H and O–H groups in total. The van der Waals surface area contributed by atoms with Gasteiger partial charge in [-0.1, -0.05) is 36.4 Å². The van der Waals surface area contributed by atoms with Crippen LogP contribution in [0.15, 0.2) is 66.7 Å². The molecule has 0 amide bonds. The first-order valence-electron chi connectivity index (χ1n) is 7.75. The van der Waals surface area contributed by atoms with Crippen LogP contribution in [0.1, 0.15) is 12.5 Å². The predicted octanol–water partition coefficient (Wildman–Crippen LogP) is 5.43. The van der Waals surface area contributed by atoms with Crippen LogP contribution in [0.25, 0.3) is 22.3 Å². The zero-order valence-electron chi connectivity index (χ0n) is 13.3. The van der Waals surface area contributed by atoms with Crippen LogP contribution >= 0.6 is 0 Å². The van der Waals surface area contributed by atoms with Crippen LogP contribution < -0.4 is 4.74 Å². The molecule has 3 aromatic rings. The zero-order valence-corrected chi connectivity index (χ0v) is 13.3. The Labute approximate surface area is 140 Å². The number of hydrogen-bond donors (Lipinski definition) is 0. The number of nitriles is 1. The van der Waals surface area contributed by atoms with E-state index in [4.69, 9.17) is 10.00 Å². The second kappa shape index (κ2) is 6.97.